The minimum atomic E-state index is -0.294. The summed E-state index contributed by atoms with van der Waals surface area (Å²) in [5.74, 6) is 0.444. The fourth-order valence-electron chi connectivity index (χ4n) is 2.40. The number of carbonyl (C=O) groups excluding carboxylic acids is 3. The summed E-state index contributed by atoms with van der Waals surface area (Å²) in [4.78, 5) is 35.2. The lowest BCUT2D eigenvalue weighted by molar-refractivity contribution is -0.139. The van der Waals surface area contributed by atoms with Crippen molar-refractivity contribution in [2.24, 2.45) is 11.8 Å². The molecule has 0 spiro atoms. The lowest BCUT2D eigenvalue weighted by atomic mass is 10.0. The highest BCUT2D eigenvalue weighted by atomic mass is 31.1. The number of rotatable bonds is 10. The summed E-state index contributed by atoms with van der Waals surface area (Å²) >= 11 is 0. The zero-order chi connectivity index (χ0) is 22.3. The third-order valence-corrected chi connectivity index (χ3v) is 5.02. The normalized spacial score (nSPS) is 16.9. The molecule has 0 radical (unpaired) electrons. The summed E-state index contributed by atoms with van der Waals surface area (Å²) in [6, 6.07) is 0. The van der Waals surface area contributed by atoms with Crippen LogP contribution in [0.15, 0.2) is 0 Å². The van der Waals surface area contributed by atoms with Crippen molar-refractivity contribution in [1.82, 2.24) is 4.90 Å². The lowest BCUT2D eigenvalue weighted by Crippen LogP contribution is -2.31. The number of nitrogens with zero attached hydrogens (tertiary/aromatic N) is 1. The van der Waals surface area contributed by atoms with Crippen LogP contribution in [0.1, 0.15) is 74.1 Å². The van der Waals surface area contributed by atoms with Gasteiger partial charge >= 0.3 is 0 Å². The topological polar surface area (TPSA) is 83.9 Å². The fraction of sp³-hybridized carbons (Fsp3) is 0.857. The van der Waals surface area contributed by atoms with E-state index in [0.717, 1.165) is 12.8 Å². The minimum absolute atomic E-state index is 0.00171. The van der Waals surface area contributed by atoms with Crippen LogP contribution in [0.25, 0.3) is 0 Å². The van der Waals surface area contributed by atoms with Gasteiger partial charge in [-0.1, -0.05) is 43.2 Å². The number of likely N-dealkylation sites (tertiary alicyclic amines) is 1. The smallest absolute Gasteiger partial charge is 0.232 e. The Balaban J connectivity index is 0. The molecule has 0 aliphatic carbocycles. The van der Waals surface area contributed by atoms with Crippen LogP contribution in [0, 0.1) is 11.8 Å². The summed E-state index contributed by atoms with van der Waals surface area (Å²) in [5, 5.41) is 8.56. The Labute approximate surface area is 173 Å². The van der Waals surface area contributed by atoms with Gasteiger partial charge in [0.15, 0.2) is 5.52 Å². The van der Waals surface area contributed by atoms with Gasteiger partial charge in [-0.3, -0.25) is 19.3 Å². The molecule has 2 amide bonds. The highest BCUT2D eigenvalue weighted by molar-refractivity contribution is 7.57. The average Bonchev–Trinajstić information content (AvgIpc) is 2.90. The van der Waals surface area contributed by atoms with Crippen LogP contribution in [0.5, 0.6) is 0 Å². The molecule has 1 N–H and O–H groups in total. The number of hydrogen-bond donors (Lipinski definition) is 1. The fourth-order valence-corrected chi connectivity index (χ4v) is 2.78. The Kier molecular flexibility index (Phi) is 16.8. The average molecular weight is 420 g/mol. The van der Waals surface area contributed by atoms with Crippen molar-refractivity contribution in [3.8, 4) is 0 Å². The minimum Gasteiger partial charge on any atom is -0.394 e. The van der Waals surface area contributed by atoms with Crippen molar-refractivity contribution in [2.45, 2.75) is 79.8 Å². The van der Waals surface area contributed by atoms with Gasteiger partial charge in [-0.25, -0.2) is 0 Å². The van der Waals surface area contributed by atoms with E-state index < -0.39 is 0 Å². The maximum atomic E-state index is 11.4. The van der Waals surface area contributed by atoms with Crippen molar-refractivity contribution >= 4 is 25.9 Å². The molecule has 1 aliphatic heterocycles. The first-order chi connectivity index (χ1) is 13.0. The second-order valence-electron chi connectivity index (χ2n) is 7.68. The molecular formula is C21H42NO5P. The van der Waals surface area contributed by atoms with E-state index in [-0.39, 0.29) is 29.9 Å². The maximum Gasteiger partial charge on any atom is 0.232 e. The first-order valence-electron chi connectivity index (χ1n) is 10.3. The molecule has 6 nitrogen and oxygen atoms in total. The summed E-state index contributed by atoms with van der Waals surface area (Å²) < 4.78 is 5.37. The number of hydrogen-bond acceptors (Lipinski definition) is 5. The van der Waals surface area contributed by atoms with Gasteiger partial charge in [0, 0.05) is 25.3 Å². The second-order valence-corrected chi connectivity index (χ2v) is 8.73. The number of ether oxygens (including phenoxy) is 1. The Morgan fingerprint density at radius 1 is 1.32 bits per heavy atom. The third kappa shape index (κ3) is 13.4. The van der Waals surface area contributed by atoms with Gasteiger partial charge in [0.1, 0.15) is 0 Å². The van der Waals surface area contributed by atoms with E-state index in [0.29, 0.717) is 46.0 Å². The Morgan fingerprint density at radius 2 is 1.89 bits per heavy atom. The van der Waals surface area contributed by atoms with E-state index in [2.05, 4.69) is 13.8 Å². The molecule has 1 heterocycles. The van der Waals surface area contributed by atoms with Crippen LogP contribution in [0.4, 0.5) is 0 Å². The SMILES string of the molecule is CC.CC(C)CCN1C(=O)CC(C)C1=O.CPC(=O)CCC(C)(C)OCCO. The van der Waals surface area contributed by atoms with Crippen LogP contribution >= 0.6 is 8.58 Å². The largest absolute Gasteiger partial charge is 0.394 e. The molecule has 1 rings (SSSR count). The third-order valence-electron chi connectivity index (χ3n) is 4.22. The zero-order valence-corrected chi connectivity index (χ0v) is 20.1. The molecule has 7 heteroatoms. The monoisotopic (exact) mass is 419 g/mol. The highest BCUT2D eigenvalue weighted by Gasteiger charge is 2.34. The molecule has 0 bridgehead atoms. The predicted octanol–water partition coefficient (Wildman–Crippen LogP) is 3.84. The molecule has 0 aromatic rings. The first-order valence-corrected chi connectivity index (χ1v) is 11.8. The van der Waals surface area contributed by atoms with Gasteiger partial charge in [-0.15, -0.1) is 0 Å². The van der Waals surface area contributed by atoms with Gasteiger partial charge < -0.3 is 9.84 Å². The molecule has 0 aromatic carbocycles. The summed E-state index contributed by atoms with van der Waals surface area (Å²) in [6.07, 6.45) is 2.61. The van der Waals surface area contributed by atoms with Crippen molar-refractivity contribution in [3.63, 3.8) is 0 Å². The van der Waals surface area contributed by atoms with Gasteiger partial charge in [-0.05, 0) is 39.3 Å². The Bertz CT molecular complexity index is 466. The molecule has 0 aromatic heterocycles. The standard InChI is InChI=1S/C10H17NO2.C9H19O3P.C2H6/c1-7(2)4-5-11-9(12)6-8(3)10(11)13;1-9(2,12-7-6-10)5-4-8(11)13-3;1-2/h7-8H,4-6H2,1-3H3;10,13H,4-7H2,1-3H3;1-2H3. The van der Waals surface area contributed by atoms with Gasteiger partial charge in [-0.2, -0.15) is 0 Å². The molecule has 0 saturated carbocycles. The van der Waals surface area contributed by atoms with Crippen molar-refractivity contribution in [3.05, 3.63) is 0 Å². The Morgan fingerprint density at radius 3 is 2.29 bits per heavy atom. The molecular weight excluding hydrogens is 377 g/mol. The quantitative estimate of drug-likeness (QED) is 0.430. The van der Waals surface area contributed by atoms with Gasteiger partial charge in [0.2, 0.25) is 11.8 Å². The van der Waals surface area contributed by atoms with E-state index in [4.69, 9.17) is 9.84 Å². The highest BCUT2D eigenvalue weighted by Crippen LogP contribution is 2.20. The zero-order valence-electron chi connectivity index (χ0n) is 19.1. The summed E-state index contributed by atoms with van der Waals surface area (Å²) in [7, 11) is 0.376. The van der Waals surface area contributed by atoms with Crippen LogP contribution in [0.3, 0.4) is 0 Å². The van der Waals surface area contributed by atoms with E-state index in [1.165, 1.54) is 4.90 Å². The van der Waals surface area contributed by atoms with Gasteiger partial charge in [0.25, 0.3) is 0 Å². The van der Waals surface area contributed by atoms with E-state index in [9.17, 15) is 14.4 Å². The number of aliphatic hydroxyl groups is 1. The Hall–Kier alpha value is -0.840. The number of aliphatic hydroxyl groups excluding tert-OH is 1. The molecule has 1 fully saturated rings. The van der Waals surface area contributed by atoms with E-state index in [1.807, 2.05) is 41.3 Å². The lowest BCUT2D eigenvalue weighted by Gasteiger charge is -2.24. The summed E-state index contributed by atoms with van der Waals surface area (Å²) in [6.45, 7) is 16.7. The number of carbonyl (C=O) groups is 3. The number of imide groups is 1. The maximum absolute atomic E-state index is 11.4. The van der Waals surface area contributed by atoms with Crippen LogP contribution in [-0.2, 0) is 19.1 Å². The molecule has 1 saturated heterocycles. The number of amides is 2. The van der Waals surface area contributed by atoms with Crippen molar-refractivity contribution in [1.29, 1.82) is 0 Å². The summed E-state index contributed by atoms with van der Waals surface area (Å²) in [5.41, 5.74) is -0.00132. The van der Waals surface area contributed by atoms with Crippen molar-refractivity contribution in [2.75, 3.05) is 26.4 Å². The van der Waals surface area contributed by atoms with Gasteiger partial charge in [0.05, 0.1) is 18.8 Å². The molecule has 2 atom stereocenters. The molecule has 2 unspecified atom stereocenters. The molecule has 28 heavy (non-hydrogen) atoms. The second kappa shape index (κ2) is 16.0. The first kappa shape index (κ1) is 29.4. The van der Waals surface area contributed by atoms with E-state index in [1.54, 1.807) is 0 Å². The molecule has 166 valence electrons. The van der Waals surface area contributed by atoms with E-state index >= 15 is 0 Å². The van der Waals surface area contributed by atoms with Crippen LogP contribution in [0.2, 0.25) is 0 Å². The van der Waals surface area contributed by atoms with Crippen molar-refractivity contribution < 1.29 is 24.2 Å². The molecule has 1 aliphatic rings. The van der Waals surface area contributed by atoms with Crippen LogP contribution in [-0.4, -0.2) is 59.4 Å². The van der Waals surface area contributed by atoms with Crippen LogP contribution < -0.4 is 0 Å². The predicted molar refractivity (Wildman–Crippen MR) is 117 cm³/mol.